The lowest BCUT2D eigenvalue weighted by Gasteiger charge is -2.27. The molecule has 0 saturated carbocycles. The molecule has 1 N–H and O–H groups in total. The molecule has 0 aromatic carbocycles. The average molecular weight is 239 g/mol. The molecule has 1 aliphatic heterocycles. The summed E-state index contributed by atoms with van der Waals surface area (Å²) in [4.78, 5) is 17.8. The Morgan fingerprint density at radius 3 is 3.25 bits per heavy atom. The molecule has 1 fully saturated rings. The lowest BCUT2D eigenvalue weighted by molar-refractivity contribution is 0.0760. The minimum atomic E-state index is 0.0341. The fourth-order valence-electron chi connectivity index (χ4n) is 2.06. The lowest BCUT2D eigenvalue weighted by atomic mass is 9.99. The molecule has 2 heterocycles. The van der Waals surface area contributed by atoms with Crippen LogP contribution in [0, 0.1) is 5.92 Å². The van der Waals surface area contributed by atoms with E-state index in [-0.39, 0.29) is 5.91 Å². The molecule has 16 heavy (non-hydrogen) atoms. The van der Waals surface area contributed by atoms with Crippen LogP contribution in [0.3, 0.4) is 0 Å². The Bertz CT molecular complexity index is 333. The van der Waals surface area contributed by atoms with Gasteiger partial charge in [0.2, 0.25) is 0 Å². The van der Waals surface area contributed by atoms with Crippen molar-refractivity contribution in [3.63, 3.8) is 0 Å². The van der Waals surface area contributed by atoms with Crippen LogP contribution < -0.4 is 5.32 Å². The first-order chi connectivity index (χ1) is 7.77. The third-order valence-corrected chi connectivity index (χ3v) is 3.52. The maximum Gasteiger partial charge on any atom is 0.273 e. The van der Waals surface area contributed by atoms with E-state index in [1.165, 1.54) is 24.2 Å². The van der Waals surface area contributed by atoms with Gasteiger partial charge in [-0.1, -0.05) is 0 Å². The fourth-order valence-corrected chi connectivity index (χ4v) is 2.59. The summed E-state index contributed by atoms with van der Waals surface area (Å²) < 4.78 is 0. The Hall–Kier alpha value is -0.940. The van der Waals surface area contributed by atoms with Gasteiger partial charge in [0.25, 0.3) is 5.91 Å². The Kier molecular flexibility index (Phi) is 3.90. The summed E-state index contributed by atoms with van der Waals surface area (Å²) in [5.74, 6) is 0.619. The number of hydrogen-bond donors (Lipinski definition) is 1. The molecule has 1 aromatic rings. The highest BCUT2D eigenvalue weighted by molar-refractivity contribution is 7.07. The van der Waals surface area contributed by atoms with Gasteiger partial charge in [0, 0.05) is 19.0 Å². The molecule has 2 rings (SSSR count). The number of amides is 1. The van der Waals surface area contributed by atoms with E-state index in [0.29, 0.717) is 11.6 Å². The molecule has 1 aliphatic rings. The highest BCUT2D eigenvalue weighted by Crippen LogP contribution is 2.12. The van der Waals surface area contributed by atoms with E-state index in [1.807, 2.05) is 7.05 Å². The van der Waals surface area contributed by atoms with Gasteiger partial charge in [-0.3, -0.25) is 4.79 Å². The second-order valence-corrected chi connectivity index (χ2v) is 4.99. The van der Waals surface area contributed by atoms with Crippen LogP contribution in [0.15, 0.2) is 10.9 Å². The van der Waals surface area contributed by atoms with Crippen molar-refractivity contribution < 1.29 is 4.79 Å². The molecule has 0 bridgehead atoms. The number of hydrogen-bond acceptors (Lipinski definition) is 4. The van der Waals surface area contributed by atoms with Crippen molar-refractivity contribution in [3.05, 3.63) is 16.6 Å². The quantitative estimate of drug-likeness (QED) is 0.862. The number of nitrogens with zero attached hydrogens (tertiary/aromatic N) is 2. The van der Waals surface area contributed by atoms with Gasteiger partial charge in [0.05, 0.1) is 5.51 Å². The van der Waals surface area contributed by atoms with Gasteiger partial charge in [-0.25, -0.2) is 4.98 Å². The molecule has 1 unspecified atom stereocenters. The summed E-state index contributed by atoms with van der Waals surface area (Å²) in [6, 6.07) is 0. The van der Waals surface area contributed by atoms with Crippen LogP contribution >= 0.6 is 11.3 Å². The Balaban J connectivity index is 1.87. The Labute approximate surface area is 99.7 Å². The van der Waals surface area contributed by atoms with Gasteiger partial charge in [-0.15, -0.1) is 11.3 Å². The van der Waals surface area contributed by atoms with E-state index < -0.39 is 0 Å². The maximum absolute atomic E-state index is 11.9. The summed E-state index contributed by atoms with van der Waals surface area (Å²) in [6.45, 7) is 2.96. The van der Waals surface area contributed by atoms with Crippen LogP contribution in [0.1, 0.15) is 23.3 Å². The van der Waals surface area contributed by atoms with Crippen LogP contribution in [0.2, 0.25) is 0 Å². The van der Waals surface area contributed by atoms with E-state index in [4.69, 9.17) is 0 Å². The minimum Gasteiger partial charge on any atom is -0.340 e. The van der Waals surface area contributed by atoms with E-state index in [0.717, 1.165) is 19.6 Å². The van der Waals surface area contributed by atoms with Gasteiger partial charge >= 0.3 is 0 Å². The van der Waals surface area contributed by atoms with Crippen LogP contribution in [0.4, 0.5) is 0 Å². The Morgan fingerprint density at radius 1 is 1.75 bits per heavy atom. The third kappa shape index (κ3) is 2.80. The predicted molar refractivity (Wildman–Crippen MR) is 64.7 cm³/mol. The van der Waals surface area contributed by atoms with Gasteiger partial charge < -0.3 is 10.2 Å². The molecule has 1 amide bonds. The Morgan fingerprint density at radius 2 is 2.62 bits per heavy atom. The van der Waals surface area contributed by atoms with Gasteiger partial charge in [-0.05, 0) is 31.8 Å². The van der Waals surface area contributed by atoms with E-state index in [1.54, 1.807) is 15.8 Å². The average Bonchev–Trinajstić information content (AvgIpc) is 2.83. The molecular weight excluding hydrogens is 222 g/mol. The predicted octanol–water partition coefficient (Wildman–Crippen LogP) is 1.21. The lowest BCUT2D eigenvalue weighted by Crippen LogP contribution is -2.39. The molecule has 0 spiro atoms. The van der Waals surface area contributed by atoms with Crippen LogP contribution in [-0.2, 0) is 0 Å². The second kappa shape index (κ2) is 5.41. The summed E-state index contributed by atoms with van der Waals surface area (Å²) >= 11 is 1.46. The summed E-state index contributed by atoms with van der Waals surface area (Å²) in [6.07, 6.45) is 2.42. The number of carbonyl (C=O) groups is 1. The zero-order valence-electron chi connectivity index (χ0n) is 9.48. The zero-order valence-corrected chi connectivity index (χ0v) is 10.3. The SMILES string of the molecule is CN(CC1CCCNC1)C(=O)c1cscn1. The fraction of sp³-hybridized carbons (Fsp3) is 0.636. The van der Waals surface area contributed by atoms with Gasteiger partial charge in [-0.2, -0.15) is 0 Å². The van der Waals surface area contributed by atoms with Crippen LogP contribution in [0.5, 0.6) is 0 Å². The maximum atomic E-state index is 11.9. The molecule has 1 saturated heterocycles. The summed E-state index contributed by atoms with van der Waals surface area (Å²) in [5, 5.41) is 5.17. The van der Waals surface area contributed by atoms with Crippen LogP contribution in [0.25, 0.3) is 0 Å². The van der Waals surface area contributed by atoms with Crippen molar-refractivity contribution in [3.8, 4) is 0 Å². The van der Waals surface area contributed by atoms with Gasteiger partial charge in [0.15, 0.2) is 0 Å². The molecule has 4 nitrogen and oxygen atoms in total. The molecule has 1 atom stereocenters. The molecule has 0 aliphatic carbocycles. The van der Waals surface area contributed by atoms with Crippen molar-refractivity contribution in [1.82, 2.24) is 15.2 Å². The molecule has 5 heteroatoms. The number of nitrogens with one attached hydrogen (secondary N) is 1. The highest BCUT2D eigenvalue weighted by atomic mass is 32.1. The first-order valence-corrected chi connectivity index (χ1v) is 6.56. The number of carbonyl (C=O) groups excluding carboxylic acids is 1. The molecular formula is C11H17N3OS. The zero-order chi connectivity index (χ0) is 11.4. The first kappa shape index (κ1) is 11.5. The smallest absolute Gasteiger partial charge is 0.273 e. The standard InChI is InChI=1S/C11H17N3OS/c1-14(6-9-3-2-4-12-5-9)11(15)10-7-16-8-13-10/h7-9,12H,2-6H2,1H3. The van der Waals surface area contributed by atoms with E-state index in [2.05, 4.69) is 10.3 Å². The van der Waals surface area contributed by atoms with Gasteiger partial charge in [0.1, 0.15) is 5.69 Å². The number of piperidine rings is 1. The normalized spacial score (nSPS) is 20.7. The van der Waals surface area contributed by atoms with E-state index >= 15 is 0 Å². The third-order valence-electron chi connectivity index (χ3n) is 2.93. The van der Waals surface area contributed by atoms with Crippen molar-refractivity contribution >= 4 is 17.2 Å². The van der Waals surface area contributed by atoms with Crippen molar-refractivity contribution in [2.45, 2.75) is 12.8 Å². The van der Waals surface area contributed by atoms with Crippen molar-refractivity contribution in [2.24, 2.45) is 5.92 Å². The molecule has 88 valence electrons. The number of thiazole rings is 1. The summed E-state index contributed by atoms with van der Waals surface area (Å²) in [5.41, 5.74) is 2.26. The molecule has 1 aromatic heterocycles. The monoisotopic (exact) mass is 239 g/mol. The topological polar surface area (TPSA) is 45.2 Å². The second-order valence-electron chi connectivity index (χ2n) is 4.27. The first-order valence-electron chi connectivity index (χ1n) is 5.61. The largest absolute Gasteiger partial charge is 0.340 e. The van der Waals surface area contributed by atoms with Crippen molar-refractivity contribution in [1.29, 1.82) is 0 Å². The van der Waals surface area contributed by atoms with Crippen molar-refractivity contribution in [2.75, 3.05) is 26.7 Å². The summed E-state index contributed by atoms with van der Waals surface area (Å²) in [7, 11) is 1.86. The van der Waals surface area contributed by atoms with E-state index in [9.17, 15) is 4.79 Å². The highest BCUT2D eigenvalue weighted by Gasteiger charge is 2.19. The molecule has 0 radical (unpaired) electrons. The van der Waals surface area contributed by atoms with Crippen LogP contribution in [-0.4, -0.2) is 42.5 Å². The number of aromatic nitrogens is 1. The number of rotatable bonds is 3. The minimum absolute atomic E-state index is 0.0341.